The quantitative estimate of drug-likeness (QED) is 0.552. The van der Waals surface area contributed by atoms with Gasteiger partial charge in [0.25, 0.3) is 0 Å². The van der Waals surface area contributed by atoms with E-state index in [0.29, 0.717) is 39.1 Å². The van der Waals surface area contributed by atoms with Crippen LogP contribution in [-0.4, -0.2) is 26.4 Å². The number of benzene rings is 1. The first-order valence-corrected chi connectivity index (χ1v) is 9.65. The Hall–Kier alpha value is -2.16. The molecule has 2 aromatic heterocycles. The SMILES string of the molecule is Cn1c(COc2cc(Cl)ccc2Cl)nnc1SCC(=O)NCc1ccco1. The van der Waals surface area contributed by atoms with E-state index in [1.165, 1.54) is 11.8 Å². The second-order valence-electron chi connectivity index (χ2n) is 5.47. The van der Waals surface area contributed by atoms with Gasteiger partial charge in [-0.1, -0.05) is 35.0 Å². The van der Waals surface area contributed by atoms with Crippen LogP contribution < -0.4 is 10.1 Å². The molecule has 1 aromatic carbocycles. The smallest absolute Gasteiger partial charge is 0.230 e. The van der Waals surface area contributed by atoms with Crippen molar-refractivity contribution in [3.8, 4) is 5.75 Å². The van der Waals surface area contributed by atoms with E-state index in [9.17, 15) is 4.79 Å². The lowest BCUT2D eigenvalue weighted by Crippen LogP contribution is -2.24. The number of carbonyl (C=O) groups excluding carboxylic acids is 1. The largest absolute Gasteiger partial charge is 0.484 e. The number of amides is 1. The van der Waals surface area contributed by atoms with Crippen molar-refractivity contribution in [3.05, 3.63) is 58.2 Å². The fourth-order valence-corrected chi connectivity index (χ4v) is 3.20. The summed E-state index contributed by atoms with van der Waals surface area (Å²) in [5, 5.41) is 12.6. The van der Waals surface area contributed by atoms with E-state index < -0.39 is 0 Å². The van der Waals surface area contributed by atoms with Crippen LogP contribution in [0.15, 0.2) is 46.2 Å². The Morgan fingerprint density at radius 1 is 1.33 bits per heavy atom. The molecule has 0 aliphatic rings. The summed E-state index contributed by atoms with van der Waals surface area (Å²) in [5.41, 5.74) is 0. The number of carbonyl (C=O) groups is 1. The Kier molecular flexibility index (Phi) is 6.65. The standard InChI is InChI=1S/C17H16Cl2N4O3S/c1-23-15(9-26-14-7-11(18)4-5-13(14)19)21-22-17(23)27-10-16(24)20-8-12-3-2-6-25-12/h2-7H,8-10H2,1H3,(H,20,24). The van der Waals surface area contributed by atoms with E-state index in [2.05, 4.69) is 15.5 Å². The summed E-state index contributed by atoms with van der Waals surface area (Å²) in [5.74, 6) is 1.87. The molecule has 0 saturated carbocycles. The van der Waals surface area contributed by atoms with Gasteiger partial charge in [0.2, 0.25) is 5.91 Å². The summed E-state index contributed by atoms with van der Waals surface area (Å²) in [6.07, 6.45) is 1.57. The first-order valence-electron chi connectivity index (χ1n) is 7.91. The molecule has 0 unspecified atom stereocenters. The zero-order valence-electron chi connectivity index (χ0n) is 14.3. The minimum Gasteiger partial charge on any atom is -0.484 e. The molecule has 0 aliphatic heterocycles. The molecule has 0 atom stereocenters. The third kappa shape index (κ3) is 5.41. The lowest BCUT2D eigenvalue weighted by Gasteiger charge is -2.08. The van der Waals surface area contributed by atoms with Gasteiger partial charge in [-0.15, -0.1) is 10.2 Å². The second-order valence-corrected chi connectivity index (χ2v) is 7.25. The van der Waals surface area contributed by atoms with Crippen molar-refractivity contribution in [2.45, 2.75) is 18.3 Å². The molecule has 1 N–H and O–H groups in total. The molecule has 2 heterocycles. The van der Waals surface area contributed by atoms with Crippen molar-refractivity contribution in [2.75, 3.05) is 5.75 Å². The van der Waals surface area contributed by atoms with Crippen LogP contribution in [0.3, 0.4) is 0 Å². The van der Waals surface area contributed by atoms with Gasteiger partial charge in [0.15, 0.2) is 11.0 Å². The molecule has 142 valence electrons. The van der Waals surface area contributed by atoms with Crippen LogP contribution in [0.25, 0.3) is 0 Å². The molecule has 3 aromatic rings. The highest BCUT2D eigenvalue weighted by Crippen LogP contribution is 2.28. The number of halogens is 2. The summed E-state index contributed by atoms with van der Waals surface area (Å²) in [4.78, 5) is 11.9. The van der Waals surface area contributed by atoms with Gasteiger partial charge in [-0.2, -0.15) is 0 Å². The predicted molar refractivity (Wildman–Crippen MR) is 103 cm³/mol. The van der Waals surface area contributed by atoms with Crippen LogP contribution in [0.2, 0.25) is 10.0 Å². The monoisotopic (exact) mass is 426 g/mol. The second kappa shape index (κ2) is 9.16. The summed E-state index contributed by atoms with van der Waals surface area (Å²) < 4.78 is 12.6. The van der Waals surface area contributed by atoms with Gasteiger partial charge >= 0.3 is 0 Å². The molecule has 0 fully saturated rings. The lowest BCUT2D eigenvalue weighted by molar-refractivity contribution is -0.118. The van der Waals surface area contributed by atoms with Gasteiger partial charge < -0.3 is 19.0 Å². The minimum atomic E-state index is -0.122. The van der Waals surface area contributed by atoms with Gasteiger partial charge in [-0.3, -0.25) is 4.79 Å². The zero-order chi connectivity index (χ0) is 19.2. The molecule has 10 heteroatoms. The van der Waals surface area contributed by atoms with Crippen molar-refractivity contribution in [3.63, 3.8) is 0 Å². The fraction of sp³-hybridized carbons (Fsp3) is 0.235. The molecule has 0 radical (unpaired) electrons. The Morgan fingerprint density at radius 3 is 2.96 bits per heavy atom. The van der Waals surface area contributed by atoms with Crippen LogP contribution in [-0.2, 0) is 25.0 Å². The van der Waals surface area contributed by atoms with Crippen molar-refractivity contribution in [1.82, 2.24) is 20.1 Å². The normalized spacial score (nSPS) is 10.8. The fourth-order valence-electron chi connectivity index (χ4n) is 2.11. The molecular formula is C17H16Cl2N4O3S. The number of nitrogens with one attached hydrogen (secondary N) is 1. The van der Waals surface area contributed by atoms with Crippen LogP contribution in [0, 0.1) is 0 Å². The number of hydrogen-bond donors (Lipinski definition) is 1. The predicted octanol–water partition coefficient (Wildman–Crippen LogP) is 3.70. The Morgan fingerprint density at radius 2 is 2.19 bits per heavy atom. The van der Waals surface area contributed by atoms with Gasteiger partial charge in [-0.25, -0.2) is 0 Å². The van der Waals surface area contributed by atoms with E-state index >= 15 is 0 Å². The lowest BCUT2D eigenvalue weighted by atomic mass is 10.3. The number of thioether (sulfide) groups is 1. The van der Waals surface area contributed by atoms with Crippen molar-refractivity contribution in [1.29, 1.82) is 0 Å². The molecule has 0 bridgehead atoms. The Labute approximate surface area is 170 Å². The molecule has 0 aliphatic carbocycles. The number of furan rings is 1. The number of ether oxygens (including phenoxy) is 1. The Bertz CT molecular complexity index is 915. The van der Waals surface area contributed by atoms with Crippen molar-refractivity contribution >= 4 is 40.9 Å². The highest BCUT2D eigenvalue weighted by atomic mass is 35.5. The minimum absolute atomic E-state index is 0.122. The van der Waals surface area contributed by atoms with Crippen LogP contribution in [0.5, 0.6) is 5.75 Å². The topological polar surface area (TPSA) is 82.2 Å². The summed E-state index contributed by atoms with van der Waals surface area (Å²) in [7, 11) is 1.81. The Balaban J connectivity index is 1.50. The molecule has 0 saturated heterocycles. The highest BCUT2D eigenvalue weighted by Gasteiger charge is 2.13. The zero-order valence-corrected chi connectivity index (χ0v) is 16.6. The average molecular weight is 427 g/mol. The first kappa shape index (κ1) is 19.6. The van der Waals surface area contributed by atoms with Gasteiger partial charge in [0.05, 0.1) is 23.6 Å². The molecular weight excluding hydrogens is 411 g/mol. The molecule has 1 amide bonds. The summed E-state index contributed by atoms with van der Waals surface area (Å²) >= 11 is 13.3. The van der Waals surface area contributed by atoms with Gasteiger partial charge in [0.1, 0.15) is 18.1 Å². The molecule has 7 nitrogen and oxygen atoms in total. The summed E-state index contributed by atoms with van der Waals surface area (Å²) in [6.45, 7) is 0.527. The number of nitrogens with zero attached hydrogens (tertiary/aromatic N) is 3. The average Bonchev–Trinajstić information content (AvgIpc) is 3.29. The number of rotatable bonds is 8. The third-order valence-electron chi connectivity index (χ3n) is 3.55. The van der Waals surface area contributed by atoms with Crippen LogP contribution in [0.1, 0.15) is 11.6 Å². The van der Waals surface area contributed by atoms with E-state index in [-0.39, 0.29) is 18.3 Å². The first-order chi connectivity index (χ1) is 13.0. The summed E-state index contributed by atoms with van der Waals surface area (Å²) in [6, 6.07) is 8.56. The van der Waals surface area contributed by atoms with Gasteiger partial charge in [0, 0.05) is 18.1 Å². The van der Waals surface area contributed by atoms with E-state index in [0.717, 1.165) is 0 Å². The van der Waals surface area contributed by atoms with Crippen LogP contribution >= 0.6 is 35.0 Å². The number of aromatic nitrogens is 3. The van der Waals surface area contributed by atoms with Crippen LogP contribution in [0.4, 0.5) is 0 Å². The number of hydrogen-bond acceptors (Lipinski definition) is 6. The molecule has 27 heavy (non-hydrogen) atoms. The molecule has 3 rings (SSSR count). The maximum absolute atomic E-state index is 11.9. The van der Waals surface area contributed by atoms with E-state index in [4.69, 9.17) is 32.4 Å². The maximum Gasteiger partial charge on any atom is 0.230 e. The molecule has 0 spiro atoms. The van der Waals surface area contributed by atoms with Gasteiger partial charge in [-0.05, 0) is 24.3 Å². The maximum atomic E-state index is 11.9. The highest BCUT2D eigenvalue weighted by molar-refractivity contribution is 7.99. The van der Waals surface area contributed by atoms with E-state index in [1.807, 2.05) is 0 Å². The third-order valence-corrected chi connectivity index (χ3v) is 5.11. The van der Waals surface area contributed by atoms with Crippen molar-refractivity contribution in [2.24, 2.45) is 7.05 Å². The van der Waals surface area contributed by atoms with Crippen molar-refractivity contribution < 1.29 is 13.9 Å². The van der Waals surface area contributed by atoms with E-state index in [1.54, 1.807) is 48.2 Å².